The Morgan fingerprint density at radius 3 is 2.00 bits per heavy atom. The summed E-state index contributed by atoms with van der Waals surface area (Å²) < 4.78 is 26.9. The normalized spacial score (nSPS) is 10.5. The molecule has 2 N–H and O–H groups in total. The summed E-state index contributed by atoms with van der Waals surface area (Å²) in [5.74, 6) is -2.78. The van der Waals surface area contributed by atoms with Crippen LogP contribution < -0.4 is 10.6 Å². The third kappa shape index (κ3) is 4.62. The monoisotopic (exact) mass is 332 g/mol. The molecule has 2 amide bonds. The maximum Gasteiger partial charge on any atom is 0.233 e. The molecular formula is C18H18F2N2O2. The highest BCUT2D eigenvalue weighted by atomic mass is 19.1. The van der Waals surface area contributed by atoms with Crippen LogP contribution in [0.2, 0.25) is 0 Å². The van der Waals surface area contributed by atoms with E-state index in [2.05, 4.69) is 24.5 Å². The van der Waals surface area contributed by atoms with Crippen molar-refractivity contribution < 1.29 is 18.4 Å². The number of hydrogen-bond acceptors (Lipinski definition) is 2. The lowest BCUT2D eigenvalue weighted by Crippen LogP contribution is -2.22. The van der Waals surface area contributed by atoms with Gasteiger partial charge in [0.05, 0.1) is 0 Å². The van der Waals surface area contributed by atoms with Crippen molar-refractivity contribution in [3.8, 4) is 0 Å². The zero-order valence-electron chi connectivity index (χ0n) is 13.4. The third-order valence-corrected chi connectivity index (χ3v) is 3.41. The zero-order chi connectivity index (χ0) is 17.7. The zero-order valence-corrected chi connectivity index (χ0v) is 13.4. The average molecular weight is 332 g/mol. The number of hydrogen-bond donors (Lipinski definition) is 2. The maximum absolute atomic E-state index is 13.4. The van der Waals surface area contributed by atoms with Gasteiger partial charge in [-0.1, -0.05) is 32.0 Å². The van der Waals surface area contributed by atoms with Gasteiger partial charge in [-0.2, -0.15) is 0 Å². The first-order valence-electron chi connectivity index (χ1n) is 7.50. The fourth-order valence-electron chi connectivity index (χ4n) is 2.10. The molecule has 0 spiro atoms. The van der Waals surface area contributed by atoms with Crippen LogP contribution in [0.4, 0.5) is 20.2 Å². The van der Waals surface area contributed by atoms with Crippen LogP contribution in [-0.4, -0.2) is 11.8 Å². The van der Waals surface area contributed by atoms with Gasteiger partial charge in [-0.3, -0.25) is 9.59 Å². The Balaban J connectivity index is 1.93. The van der Waals surface area contributed by atoms with Gasteiger partial charge in [0, 0.05) is 5.69 Å². The summed E-state index contributed by atoms with van der Waals surface area (Å²) in [4.78, 5) is 23.6. The Morgan fingerprint density at radius 2 is 1.46 bits per heavy atom. The minimum atomic E-state index is -0.895. The topological polar surface area (TPSA) is 58.2 Å². The summed E-state index contributed by atoms with van der Waals surface area (Å²) in [6.07, 6.45) is -0.542. The molecule has 2 aromatic rings. The van der Waals surface area contributed by atoms with E-state index in [-0.39, 0.29) is 0 Å². The fourth-order valence-corrected chi connectivity index (χ4v) is 2.10. The predicted molar refractivity (Wildman–Crippen MR) is 88.8 cm³/mol. The van der Waals surface area contributed by atoms with E-state index in [4.69, 9.17) is 0 Å². The molecule has 0 heterocycles. The minimum Gasteiger partial charge on any atom is -0.326 e. The summed E-state index contributed by atoms with van der Waals surface area (Å²) in [5, 5.41) is 4.64. The number of para-hydroxylation sites is 1. The van der Waals surface area contributed by atoms with Crippen molar-refractivity contribution in [1.29, 1.82) is 0 Å². The van der Waals surface area contributed by atoms with Gasteiger partial charge >= 0.3 is 0 Å². The molecule has 0 atom stereocenters. The minimum absolute atomic E-state index is 0.371. The van der Waals surface area contributed by atoms with E-state index in [1.54, 1.807) is 12.1 Å². The Bertz CT molecular complexity index is 723. The van der Waals surface area contributed by atoms with Crippen LogP contribution in [0.3, 0.4) is 0 Å². The number of nitrogens with one attached hydrogen (secondary N) is 2. The van der Waals surface area contributed by atoms with E-state index >= 15 is 0 Å². The first kappa shape index (κ1) is 17.6. The van der Waals surface area contributed by atoms with Crippen molar-refractivity contribution in [3.63, 3.8) is 0 Å². The highest BCUT2D eigenvalue weighted by molar-refractivity contribution is 6.08. The molecule has 0 aliphatic heterocycles. The van der Waals surface area contributed by atoms with E-state index in [1.165, 1.54) is 6.07 Å². The summed E-state index contributed by atoms with van der Waals surface area (Å²) >= 11 is 0. The molecule has 0 aliphatic carbocycles. The van der Waals surface area contributed by atoms with Gasteiger partial charge in [-0.05, 0) is 35.7 Å². The Kier molecular flexibility index (Phi) is 5.63. The summed E-state index contributed by atoms with van der Waals surface area (Å²) in [7, 11) is 0. The molecule has 0 saturated carbocycles. The van der Waals surface area contributed by atoms with E-state index in [0.717, 1.165) is 17.7 Å². The lowest BCUT2D eigenvalue weighted by Gasteiger charge is -2.09. The van der Waals surface area contributed by atoms with Crippen molar-refractivity contribution in [3.05, 3.63) is 59.7 Å². The molecule has 0 aromatic heterocycles. The van der Waals surface area contributed by atoms with Gasteiger partial charge < -0.3 is 10.6 Å². The van der Waals surface area contributed by atoms with Crippen LogP contribution >= 0.6 is 0 Å². The van der Waals surface area contributed by atoms with Crippen LogP contribution in [0.1, 0.15) is 31.7 Å². The summed E-state index contributed by atoms with van der Waals surface area (Å²) in [5.41, 5.74) is 1.12. The van der Waals surface area contributed by atoms with E-state index < -0.39 is 35.6 Å². The Labute approximate surface area is 138 Å². The second kappa shape index (κ2) is 7.68. The van der Waals surface area contributed by atoms with Crippen LogP contribution in [0.5, 0.6) is 0 Å². The molecule has 126 valence electrons. The van der Waals surface area contributed by atoms with Gasteiger partial charge in [0.25, 0.3) is 0 Å². The van der Waals surface area contributed by atoms with Crippen molar-refractivity contribution >= 4 is 23.2 Å². The van der Waals surface area contributed by atoms with Crippen LogP contribution in [0.25, 0.3) is 0 Å². The van der Waals surface area contributed by atoms with E-state index in [9.17, 15) is 18.4 Å². The SMILES string of the molecule is CC(C)c1ccc(NC(=O)CC(=O)Nc2c(F)cccc2F)cc1. The lowest BCUT2D eigenvalue weighted by molar-refractivity contribution is -0.123. The van der Waals surface area contributed by atoms with Crippen molar-refractivity contribution in [2.75, 3.05) is 10.6 Å². The Hall–Kier alpha value is -2.76. The van der Waals surface area contributed by atoms with Gasteiger partial charge in [0.15, 0.2) is 0 Å². The fraction of sp³-hybridized carbons (Fsp3) is 0.222. The van der Waals surface area contributed by atoms with Crippen LogP contribution in [0, 0.1) is 11.6 Å². The van der Waals surface area contributed by atoms with Gasteiger partial charge in [0.2, 0.25) is 11.8 Å². The molecule has 0 radical (unpaired) electrons. The van der Waals surface area contributed by atoms with Gasteiger partial charge in [0.1, 0.15) is 23.7 Å². The number of benzene rings is 2. The first-order valence-corrected chi connectivity index (χ1v) is 7.50. The molecule has 0 unspecified atom stereocenters. The molecular weight excluding hydrogens is 314 g/mol. The highest BCUT2D eigenvalue weighted by Crippen LogP contribution is 2.19. The van der Waals surface area contributed by atoms with Crippen LogP contribution in [-0.2, 0) is 9.59 Å². The van der Waals surface area contributed by atoms with Gasteiger partial charge in [-0.15, -0.1) is 0 Å². The molecule has 2 aromatic carbocycles. The van der Waals surface area contributed by atoms with Crippen molar-refractivity contribution in [1.82, 2.24) is 0 Å². The molecule has 6 heteroatoms. The molecule has 4 nitrogen and oxygen atoms in total. The lowest BCUT2D eigenvalue weighted by atomic mass is 10.0. The van der Waals surface area contributed by atoms with Crippen molar-refractivity contribution in [2.24, 2.45) is 0 Å². The Morgan fingerprint density at radius 1 is 0.917 bits per heavy atom. The molecule has 0 fully saturated rings. The maximum atomic E-state index is 13.4. The predicted octanol–water partition coefficient (Wildman–Crippen LogP) is 4.06. The summed E-state index contributed by atoms with van der Waals surface area (Å²) in [6, 6.07) is 10.5. The van der Waals surface area contributed by atoms with Gasteiger partial charge in [-0.25, -0.2) is 8.78 Å². The number of carbonyl (C=O) groups excluding carboxylic acids is 2. The molecule has 2 rings (SSSR count). The first-order chi connectivity index (χ1) is 11.4. The number of halogens is 2. The second-order valence-electron chi connectivity index (χ2n) is 5.65. The molecule has 0 saturated heterocycles. The largest absolute Gasteiger partial charge is 0.326 e. The van der Waals surface area contributed by atoms with E-state index in [1.807, 2.05) is 12.1 Å². The number of anilines is 2. The smallest absolute Gasteiger partial charge is 0.233 e. The van der Waals surface area contributed by atoms with Crippen LogP contribution in [0.15, 0.2) is 42.5 Å². The quantitative estimate of drug-likeness (QED) is 0.811. The van der Waals surface area contributed by atoms with Crippen molar-refractivity contribution in [2.45, 2.75) is 26.2 Å². The highest BCUT2D eigenvalue weighted by Gasteiger charge is 2.15. The molecule has 24 heavy (non-hydrogen) atoms. The molecule has 0 aliphatic rings. The number of amides is 2. The third-order valence-electron chi connectivity index (χ3n) is 3.41. The number of carbonyl (C=O) groups is 2. The standard InChI is InChI=1S/C18H18F2N2O2/c1-11(2)12-6-8-13(9-7-12)21-16(23)10-17(24)22-18-14(19)4-3-5-15(18)20/h3-9,11H,10H2,1-2H3,(H,21,23)(H,22,24). The summed E-state index contributed by atoms with van der Waals surface area (Å²) in [6.45, 7) is 4.11. The number of rotatable bonds is 5. The average Bonchev–Trinajstić information content (AvgIpc) is 2.51. The second-order valence-corrected chi connectivity index (χ2v) is 5.65. The van der Waals surface area contributed by atoms with E-state index in [0.29, 0.717) is 11.6 Å². The molecule has 0 bridgehead atoms.